The van der Waals surface area contributed by atoms with Crippen molar-refractivity contribution in [3.05, 3.63) is 77.7 Å². The van der Waals surface area contributed by atoms with Gasteiger partial charge in [-0.3, -0.25) is 19.7 Å². The summed E-state index contributed by atoms with van der Waals surface area (Å²) in [5.41, 5.74) is 0.813. The molecule has 1 fully saturated rings. The molecule has 10 heteroatoms. The van der Waals surface area contributed by atoms with Gasteiger partial charge in [-0.1, -0.05) is 0 Å². The molecule has 1 aromatic heterocycles. The van der Waals surface area contributed by atoms with E-state index in [9.17, 15) is 19.2 Å². The highest BCUT2D eigenvalue weighted by atomic mass is 16.5. The fourth-order valence-corrected chi connectivity index (χ4v) is 3.75. The van der Waals surface area contributed by atoms with Crippen molar-refractivity contribution in [2.24, 2.45) is 0 Å². The summed E-state index contributed by atoms with van der Waals surface area (Å²) in [7, 11) is 2.94. The zero-order valence-corrected chi connectivity index (χ0v) is 19.7. The summed E-state index contributed by atoms with van der Waals surface area (Å²) < 4.78 is 20.7. The topological polar surface area (TPSA) is 124 Å². The van der Waals surface area contributed by atoms with E-state index in [0.717, 1.165) is 4.90 Å². The van der Waals surface area contributed by atoms with Crippen LogP contribution in [-0.4, -0.2) is 50.4 Å². The molecule has 1 saturated heterocycles. The van der Waals surface area contributed by atoms with Gasteiger partial charge in [-0.25, -0.2) is 9.69 Å². The van der Waals surface area contributed by atoms with E-state index in [0.29, 0.717) is 35.1 Å². The Morgan fingerprint density at radius 2 is 1.72 bits per heavy atom. The molecular formula is C26H24N2O8. The van der Waals surface area contributed by atoms with E-state index < -0.39 is 24.4 Å². The molecule has 3 aromatic rings. The molecule has 1 aliphatic rings. The van der Waals surface area contributed by atoms with Gasteiger partial charge in [0.25, 0.3) is 5.91 Å². The monoisotopic (exact) mass is 492 g/mol. The molecular weight excluding hydrogens is 468 g/mol. The van der Waals surface area contributed by atoms with Crippen molar-refractivity contribution in [2.75, 3.05) is 25.7 Å². The molecule has 0 bridgehead atoms. The molecule has 2 heterocycles. The Labute approximate surface area is 206 Å². The summed E-state index contributed by atoms with van der Waals surface area (Å²) in [5.74, 6) is -0.360. The quantitative estimate of drug-likeness (QED) is 0.258. The van der Waals surface area contributed by atoms with Gasteiger partial charge in [0.15, 0.2) is 23.9 Å². The number of methoxy groups -OCH3 is 2. The largest absolute Gasteiger partial charge is 0.493 e. The van der Waals surface area contributed by atoms with Crippen LogP contribution in [0.5, 0.6) is 11.5 Å². The Bertz CT molecular complexity index is 1270. The predicted octanol–water partition coefficient (Wildman–Crippen LogP) is 2.76. The van der Waals surface area contributed by atoms with Crippen LogP contribution in [0.15, 0.2) is 65.3 Å². The molecule has 0 spiro atoms. The fraction of sp³-hybridized carbons (Fsp3) is 0.231. The summed E-state index contributed by atoms with van der Waals surface area (Å²) in [6, 6.07) is 13.3. The number of hydrogen-bond acceptors (Lipinski definition) is 9. The molecule has 1 unspecified atom stereocenters. The zero-order chi connectivity index (χ0) is 25.7. The molecule has 0 radical (unpaired) electrons. The van der Waals surface area contributed by atoms with Gasteiger partial charge in [0, 0.05) is 5.56 Å². The molecule has 1 N–H and O–H groups in total. The average molecular weight is 492 g/mol. The number of benzene rings is 2. The van der Waals surface area contributed by atoms with E-state index in [1.54, 1.807) is 24.3 Å². The number of nitrogens with one attached hydrogen (secondary N) is 1. The molecule has 186 valence electrons. The normalized spacial score (nSPS) is 15.2. The third-order valence-corrected chi connectivity index (χ3v) is 5.65. The lowest BCUT2D eigenvalue weighted by Crippen LogP contribution is -2.38. The number of carbonyl (C=O) groups excluding carboxylic acids is 4. The number of ether oxygens (including phenoxy) is 3. The van der Waals surface area contributed by atoms with Gasteiger partial charge in [-0.05, 0) is 54.6 Å². The van der Waals surface area contributed by atoms with Crippen LogP contribution < -0.4 is 19.7 Å². The number of hydrogen-bond donors (Lipinski definition) is 1. The van der Waals surface area contributed by atoms with Crippen LogP contribution in [0.1, 0.15) is 32.9 Å². The summed E-state index contributed by atoms with van der Waals surface area (Å²) >= 11 is 0. The van der Waals surface area contributed by atoms with Gasteiger partial charge in [-0.15, -0.1) is 0 Å². The first-order valence-electron chi connectivity index (χ1n) is 11.1. The van der Waals surface area contributed by atoms with Crippen molar-refractivity contribution < 1.29 is 37.8 Å². The molecule has 2 amide bonds. The number of amides is 2. The minimum absolute atomic E-state index is 0.0155. The number of nitrogens with zero attached hydrogens (tertiary/aromatic N) is 1. The maximum atomic E-state index is 12.8. The van der Waals surface area contributed by atoms with Crippen LogP contribution in [0.25, 0.3) is 0 Å². The number of esters is 1. The Hall–Kier alpha value is -4.44. The van der Waals surface area contributed by atoms with Crippen LogP contribution in [0.4, 0.5) is 5.69 Å². The van der Waals surface area contributed by atoms with Crippen molar-refractivity contribution in [3.8, 4) is 11.5 Å². The first kappa shape index (κ1) is 24.7. The Balaban J connectivity index is 1.34. The Morgan fingerprint density at radius 3 is 2.39 bits per heavy atom. The van der Waals surface area contributed by atoms with E-state index >= 15 is 0 Å². The molecule has 0 saturated carbocycles. The van der Waals surface area contributed by atoms with Crippen molar-refractivity contribution in [3.63, 3.8) is 0 Å². The van der Waals surface area contributed by atoms with Gasteiger partial charge >= 0.3 is 5.97 Å². The number of anilines is 1. The van der Waals surface area contributed by atoms with Crippen LogP contribution in [0.2, 0.25) is 0 Å². The third kappa shape index (κ3) is 5.28. The highest BCUT2D eigenvalue weighted by Gasteiger charge is 2.39. The summed E-state index contributed by atoms with van der Waals surface area (Å²) in [6.07, 6.45) is 1.55. The molecule has 0 aliphatic carbocycles. The number of carbonyl (C=O) groups is 4. The standard InChI is InChI=1S/C26H24N2O8/c1-33-22-10-7-17(12-23(22)34-2)21(29)15-36-26(32)16-5-8-18(9-6-16)28-24(30)13-20(25(28)31)27-14-19-4-3-11-35-19/h3-12,20,27H,13-15H2,1-2H3. The minimum atomic E-state index is -0.715. The molecule has 2 aromatic carbocycles. The molecule has 1 atom stereocenters. The summed E-state index contributed by atoms with van der Waals surface area (Å²) in [6.45, 7) is -0.153. The van der Waals surface area contributed by atoms with E-state index in [-0.39, 0.29) is 23.8 Å². The maximum Gasteiger partial charge on any atom is 0.338 e. The van der Waals surface area contributed by atoms with Gasteiger partial charge < -0.3 is 18.6 Å². The van der Waals surface area contributed by atoms with Gasteiger partial charge in [-0.2, -0.15) is 0 Å². The van der Waals surface area contributed by atoms with Gasteiger partial charge in [0.05, 0.1) is 50.7 Å². The van der Waals surface area contributed by atoms with Crippen molar-refractivity contribution in [1.82, 2.24) is 5.32 Å². The molecule has 4 rings (SSSR count). The SMILES string of the molecule is COc1ccc(C(=O)COC(=O)c2ccc(N3C(=O)CC(NCc4ccco4)C3=O)cc2)cc1OC. The van der Waals surface area contributed by atoms with Gasteiger partial charge in [0.1, 0.15) is 5.76 Å². The number of imide groups is 1. The summed E-state index contributed by atoms with van der Waals surface area (Å²) in [5, 5.41) is 3.02. The number of rotatable bonds is 10. The Morgan fingerprint density at radius 1 is 1.00 bits per heavy atom. The van der Waals surface area contributed by atoms with Crippen molar-refractivity contribution >= 4 is 29.3 Å². The van der Waals surface area contributed by atoms with Crippen LogP contribution in [0.3, 0.4) is 0 Å². The zero-order valence-electron chi connectivity index (χ0n) is 19.7. The second-order valence-electron chi connectivity index (χ2n) is 7.90. The molecule has 36 heavy (non-hydrogen) atoms. The average Bonchev–Trinajstić information content (AvgIpc) is 3.52. The highest BCUT2D eigenvalue weighted by molar-refractivity contribution is 6.22. The van der Waals surface area contributed by atoms with E-state index in [1.165, 1.54) is 50.8 Å². The van der Waals surface area contributed by atoms with Gasteiger partial charge in [0.2, 0.25) is 5.91 Å². The number of furan rings is 1. The number of Topliss-reactive ketones (excluding diaryl/α,β-unsaturated/α-hetero) is 1. The molecule has 10 nitrogen and oxygen atoms in total. The van der Waals surface area contributed by atoms with Crippen molar-refractivity contribution in [1.29, 1.82) is 0 Å². The smallest absolute Gasteiger partial charge is 0.338 e. The second kappa shape index (κ2) is 10.9. The van der Waals surface area contributed by atoms with E-state index in [2.05, 4.69) is 5.32 Å². The number of ketones is 1. The van der Waals surface area contributed by atoms with Crippen LogP contribution in [0, 0.1) is 0 Å². The van der Waals surface area contributed by atoms with Crippen molar-refractivity contribution in [2.45, 2.75) is 19.0 Å². The highest BCUT2D eigenvalue weighted by Crippen LogP contribution is 2.28. The predicted molar refractivity (Wildman–Crippen MR) is 127 cm³/mol. The lowest BCUT2D eigenvalue weighted by molar-refractivity contribution is -0.121. The molecule has 1 aliphatic heterocycles. The summed E-state index contributed by atoms with van der Waals surface area (Å²) in [4.78, 5) is 51.2. The Kier molecular flexibility index (Phi) is 7.45. The minimum Gasteiger partial charge on any atom is -0.493 e. The first-order chi connectivity index (χ1) is 17.4. The first-order valence-corrected chi connectivity index (χ1v) is 11.1. The lowest BCUT2D eigenvalue weighted by Gasteiger charge is -2.15. The van der Waals surface area contributed by atoms with Crippen LogP contribution >= 0.6 is 0 Å². The third-order valence-electron chi connectivity index (χ3n) is 5.65. The van der Waals surface area contributed by atoms with E-state index in [4.69, 9.17) is 18.6 Å². The van der Waals surface area contributed by atoms with Crippen LogP contribution in [-0.2, 0) is 20.9 Å². The fourth-order valence-electron chi connectivity index (χ4n) is 3.75. The van der Waals surface area contributed by atoms with E-state index in [1.807, 2.05) is 0 Å². The second-order valence-corrected chi connectivity index (χ2v) is 7.90. The maximum absolute atomic E-state index is 12.8. The lowest BCUT2D eigenvalue weighted by atomic mass is 10.1.